The van der Waals surface area contributed by atoms with Crippen LogP contribution in [0.1, 0.15) is 6.92 Å². The lowest BCUT2D eigenvalue weighted by Crippen LogP contribution is -1.99. The fourth-order valence-corrected chi connectivity index (χ4v) is 1.26. The van der Waals surface area contributed by atoms with Crippen LogP contribution in [0.5, 0.6) is 5.75 Å². The lowest BCUT2D eigenvalue weighted by Gasteiger charge is -2.08. The molecule has 0 radical (unpaired) electrons. The second kappa shape index (κ2) is 4.81. The van der Waals surface area contributed by atoms with E-state index in [4.69, 9.17) is 16.3 Å². The normalized spacial score (nSPS) is 9.64. The molecule has 0 aliphatic heterocycles. The van der Waals surface area contributed by atoms with Crippen LogP contribution < -0.4 is 10.1 Å². The second-order valence-electron chi connectivity index (χ2n) is 2.46. The van der Waals surface area contributed by atoms with E-state index in [1.54, 1.807) is 6.92 Å². The van der Waals surface area contributed by atoms with Gasteiger partial charge in [0.25, 0.3) is 0 Å². The van der Waals surface area contributed by atoms with Crippen LogP contribution in [0.3, 0.4) is 0 Å². The van der Waals surface area contributed by atoms with Gasteiger partial charge in [-0.05, 0) is 13.0 Å². The number of carbonyl (C=O) groups is 1. The van der Waals surface area contributed by atoms with Crippen molar-refractivity contribution >= 4 is 23.7 Å². The maximum atomic E-state index is 13.3. The van der Waals surface area contributed by atoms with Crippen molar-refractivity contribution in [2.45, 2.75) is 6.92 Å². The van der Waals surface area contributed by atoms with E-state index >= 15 is 0 Å². The molecule has 1 rings (SSSR count). The van der Waals surface area contributed by atoms with Gasteiger partial charge in [0, 0.05) is 11.8 Å². The van der Waals surface area contributed by atoms with Gasteiger partial charge in [-0.3, -0.25) is 4.79 Å². The van der Waals surface area contributed by atoms with Crippen LogP contribution in [-0.4, -0.2) is 13.0 Å². The van der Waals surface area contributed by atoms with Crippen LogP contribution >= 0.6 is 11.6 Å². The Labute approximate surface area is 85.8 Å². The predicted octanol–water partition coefficient (Wildman–Crippen LogP) is 2.45. The number of halogens is 2. The highest BCUT2D eigenvalue weighted by Gasteiger charge is 2.10. The van der Waals surface area contributed by atoms with Crippen molar-refractivity contribution in [3.63, 3.8) is 0 Å². The predicted molar refractivity (Wildman–Crippen MR) is 52.3 cm³/mol. The molecule has 0 saturated heterocycles. The zero-order valence-corrected chi connectivity index (χ0v) is 8.27. The van der Waals surface area contributed by atoms with Crippen molar-refractivity contribution in [1.82, 2.24) is 0 Å². The third-order valence-electron chi connectivity index (χ3n) is 1.51. The summed E-state index contributed by atoms with van der Waals surface area (Å²) in [6.07, 6.45) is 0.450. The zero-order chi connectivity index (χ0) is 10.6. The molecule has 0 spiro atoms. The molecule has 76 valence electrons. The van der Waals surface area contributed by atoms with Crippen molar-refractivity contribution in [1.29, 1.82) is 0 Å². The summed E-state index contributed by atoms with van der Waals surface area (Å²) < 4.78 is 18.2. The monoisotopic (exact) mass is 217 g/mol. The maximum Gasteiger partial charge on any atom is 0.211 e. The van der Waals surface area contributed by atoms with Gasteiger partial charge in [-0.1, -0.05) is 11.6 Å². The van der Waals surface area contributed by atoms with E-state index < -0.39 is 5.82 Å². The number of hydrogen-bond donors (Lipinski definition) is 1. The number of ether oxygens (including phenoxy) is 1. The SMILES string of the molecule is CCOc1c(F)cc(NC=O)cc1Cl. The quantitative estimate of drug-likeness (QED) is 0.787. The van der Waals surface area contributed by atoms with Gasteiger partial charge in [0.05, 0.1) is 11.6 Å². The van der Waals surface area contributed by atoms with E-state index in [0.29, 0.717) is 18.7 Å². The lowest BCUT2D eigenvalue weighted by atomic mass is 10.3. The van der Waals surface area contributed by atoms with Gasteiger partial charge in [0.15, 0.2) is 11.6 Å². The minimum atomic E-state index is -0.594. The summed E-state index contributed by atoms with van der Waals surface area (Å²) in [5.41, 5.74) is 0.297. The van der Waals surface area contributed by atoms with E-state index in [1.165, 1.54) is 6.07 Å². The van der Waals surface area contributed by atoms with E-state index in [0.717, 1.165) is 6.07 Å². The highest BCUT2D eigenvalue weighted by Crippen LogP contribution is 2.30. The number of amides is 1. The molecule has 0 saturated carbocycles. The summed E-state index contributed by atoms with van der Waals surface area (Å²) in [6.45, 7) is 2.06. The van der Waals surface area contributed by atoms with Crippen LogP contribution in [0.4, 0.5) is 10.1 Å². The number of rotatable bonds is 4. The molecule has 0 heterocycles. The number of carbonyl (C=O) groups excluding carboxylic acids is 1. The Morgan fingerprint density at radius 3 is 2.86 bits per heavy atom. The maximum absolute atomic E-state index is 13.3. The van der Waals surface area contributed by atoms with E-state index in [1.807, 2.05) is 0 Å². The molecular formula is C9H9ClFNO2. The molecule has 1 amide bonds. The lowest BCUT2D eigenvalue weighted by molar-refractivity contribution is -0.105. The summed E-state index contributed by atoms with van der Waals surface area (Å²) in [6, 6.07) is 2.56. The second-order valence-corrected chi connectivity index (χ2v) is 2.87. The topological polar surface area (TPSA) is 38.3 Å². The van der Waals surface area contributed by atoms with Gasteiger partial charge < -0.3 is 10.1 Å². The molecule has 3 nitrogen and oxygen atoms in total. The Morgan fingerprint density at radius 2 is 2.36 bits per heavy atom. The Hall–Kier alpha value is -1.29. The average molecular weight is 218 g/mol. The van der Waals surface area contributed by atoms with Gasteiger partial charge in [0.1, 0.15) is 0 Å². The zero-order valence-electron chi connectivity index (χ0n) is 7.51. The van der Waals surface area contributed by atoms with E-state index in [9.17, 15) is 9.18 Å². The van der Waals surface area contributed by atoms with Crippen LogP contribution in [0.15, 0.2) is 12.1 Å². The van der Waals surface area contributed by atoms with Crippen molar-refractivity contribution < 1.29 is 13.9 Å². The number of hydrogen-bond acceptors (Lipinski definition) is 2. The molecule has 0 aliphatic carbocycles. The molecule has 0 fully saturated rings. The smallest absolute Gasteiger partial charge is 0.211 e. The molecule has 1 aromatic rings. The highest BCUT2D eigenvalue weighted by molar-refractivity contribution is 6.32. The highest BCUT2D eigenvalue weighted by atomic mass is 35.5. The first-order chi connectivity index (χ1) is 6.69. The molecule has 0 aliphatic rings. The van der Waals surface area contributed by atoms with Gasteiger partial charge in [-0.15, -0.1) is 0 Å². The first-order valence-electron chi connectivity index (χ1n) is 4.01. The molecule has 0 bridgehead atoms. The molecule has 1 aromatic carbocycles. The van der Waals surface area contributed by atoms with E-state index in [-0.39, 0.29) is 10.8 Å². The van der Waals surface area contributed by atoms with Gasteiger partial charge in [-0.25, -0.2) is 4.39 Å². The molecule has 0 atom stereocenters. The minimum Gasteiger partial charge on any atom is -0.489 e. The molecule has 0 aromatic heterocycles. The summed E-state index contributed by atoms with van der Waals surface area (Å²) in [7, 11) is 0. The third kappa shape index (κ3) is 2.35. The number of benzene rings is 1. The van der Waals surface area contributed by atoms with Crippen LogP contribution in [-0.2, 0) is 4.79 Å². The summed E-state index contributed by atoms with van der Waals surface area (Å²) in [5, 5.41) is 2.43. The van der Waals surface area contributed by atoms with E-state index in [2.05, 4.69) is 5.32 Å². The fourth-order valence-electron chi connectivity index (χ4n) is 0.993. The number of anilines is 1. The molecule has 1 N–H and O–H groups in total. The summed E-state index contributed by atoms with van der Waals surface area (Å²) in [5.74, 6) is -0.589. The van der Waals surface area contributed by atoms with Gasteiger partial charge >= 0.3 is 0 Å². The Morgan fingerprint density at radius 1 is 1.64 bits per heavy atom. The molecule has 0 unspecified atom stereocenters. The average Bonchev–Trinajstić information content (AvgIpc) is 2.12. The minimum absolute atomic E-state index is 0.00520. The molecule has 14 heavy (non-hydrogen) atoms. The van der Waals surface area contributed by atoms with Crippen LogP contribution in [0, 0.1) is 5.82 Å². The summed E-state index contributed by atoms with van der Waals surface area (Å²) in [4.78, 5) is 10.1. The largest absolute Gasteiger partial charge is 0.489 e. The van der Waals surface area contributed by atoms with Crippen molar-refractivity contribution in [3.8, 4) is 5.75 Å². The Balaban J connectivity index is 3.04. The Kier molecular flexibility index (Phi) is 3.71. The van der Waals surface area contributed by atoms with Crippen LogP contribution in [0.2, 0.25) is 5.02 Å². The standard InChI is InChI=1S/C9H9ClFNO2/c1-2-14-9-7(10)3-6(12-5-13)4-8(9)11/h3-5H,2H2,1H3,(H,12,13). The molecular weight excluding hydrogens is 209 g/mol. The Bertz CT molecular complexity index is 321. The summed E-state index contributed by atoms with van der Waals surface area (Å²) >= 11 is 5.73. The first kappa shape index (κ1) is 10.8. The van der Waals surface area contributed by atoms with Crippen LogP contribution in [0.25, 0.3) is 0 Å². The first-order valence-corrected chi connectivity index (χ1v) is 4.38. The van der Waals surface area contributed by atoms with Crippen molar-refractivity contribution in [2.75, 3.05) is 11.9 Å². The molecule has 5 heteroatoms. The fraction of sp³-hybridized carbons (Fsp3) is 0.222. The van der Waals surface area contributed by atoms with Crippen molar-refractivity contribution in [2.24, 2.45) is 0 Å². The van der Waals surface area contributed by atoms with Gasteiger partial charge in [-0.2, -0.15) is 0 Å². The van der Waals surface area contributed by atoms with Crippen molar-refractivity contribution in [3.05, 3.63) is 23.0 Å². The third-order valence-corrected chi connectivity index (χ3v) is 1.79. The number of nitrogens with one attached hydrogen (secondary N) is 1. The van der Waals surface area contributed by atoms with Gasteiger partial charge in [0.2, 0.25) is 6.41 Å².